The van der Waals surface area contributed by atoms with Crippen LogP contribution in [0.3, 0.4) is 0 Å². The van der Waals surface area contributed by atoms with E-state index in [0.717, 1.165) is 17.5 Å². The van der Waals surface area contributed by atoms with Crippen molar-refractivity contribution in [3.05, 3.63) is 59.7 Å². The van der Waals surface area contributed by atoms with Crippen LogP contribution in [0.1, 0.15) is 18.1 Å². The molecule has 0 fully saturated rings. The van der Waals surface area contributed by atoms with Crippen molar-refractivity contribution in [2.24, 2.45) is 5.73 Å². The van der Waals surface area contributed by atoms with Gasteiger partial charge >= 0.3 is 0 Å². The Morgan fingerprint density at radius 1 is 1.05 bits per heavy atom. The van der Waals surface area contributed by atoms with Crippen LogP contribution >= 0.6 is 0 Å². The van der Waals surface area contributed by atoms with E-state index in [1.54, 1.807) is 30.3 Å². The second-order valence-electron chi connectivity index (χ2n) is 4.46. The van der Waals surface area contributed by atoms with Crippen LogP contribution in [-0.2, 0) is 23.0 Å². The van der Waals surface area contributed by atoms with Gasteiger partial charge in [0.1, 0.15) is 0 Å². The fraction of sp³-hybridized carbons (Fsp3) is 0.200. The molecule has 2 aromatic carbocycles. The third-order valence-electron chi connectivity index (χ3n) is 3.11. The second-order valence-corrected chi connectivity index (χ2v) is 6.15. The maximum atomic E-state index is 12.3. The van der Waals surface area contributed by atoms with Crippen LogP contribution in [0.2, 0.25) is 0 Å². The van der Waals surface area contributed by atoms with E-state index in [9.17, 15) is 8.42 Å². The van der Waals surface area contributed by atoms with Gasteiger partial charge in [-0.1, -0.05) is 37.3 Å². The molecule has 2 aromatic rings. The van der Waals surface area contributed by atoms with Gasteiger partial charge in [0, 0.05) is 6.54 Å². The zero-order valence-electron chi connectivity index (χ0n) is 11.3. The first-order valence-corrected chi connectivity index (χ1v) is 7.95. The fourth-order valence-corrected chi connectivity index (χ4v) is 3.04. The minimum absolute atomic E-state index is 0.237. The molecule has 0 aliphatic carbocycles. The molecule has 0 aliphatic heterocycles. The summed E-state index contributed by atoms with van der Waals surface area (Å²) < 4.78 is 27.3. The Morgan fingerprint density at radius 2 is 1.70 bits per heavy atom. The van der Waals surface area contributed by atoms with E-state index >= 15 is 0 Å². The van der Waals surface area contributed by atoms with Crippen molar-refractivity contribution >= 4 is 15.7 Å². The summed E-state index contributed by atoms with van der Waals surface area (Å²) in [5.74, 6) is 0. The Bertz CT molecular complexity index is 679. The molecule has 0 unspecified atom stereocenters. The molecule has 3 N–H and O–H groups in total. The lowest BCUT2D eigenvalue weighted by atomic mass is 10.1. The first-order valence-electron chi connectivity index (χ1n) is 6.46. The van der Waals surface area contributed by atoms with Gasteiger partial charge in [0.15, 0.2) is 0 Å². The maximum Gasteiger partial charge on any atom is 0.261 e. The van der Waals surface area contributed by atoms with Crippen LogP contribution in [0.4, 0.5) is 5.69 Å². The molecule has 0 spiro atoms. The third kappa shape index (κ3) is 3.18. The SMILES string of the molecule is CCc1ccccc1NS(=O)(=O)c1ccc(CN)cc1. The summed E-state index contributed by atoms with van der Waals surface area (Å²) in [5.41, 5.74) is 8.00. The minimum atomic E-state index is -3.56. The summed E-state index contributed by atoms with van der Waals surface area (Å²) in [5, 5.41) is 0. The predicted molar refractivity (Wildman–Crippen MR) is 81.0 cm³/mol. The zero-order chi connectivity index (χ0) is 14.6. The molecule has 0 heterocycles. The van der Waals surface area contributed by atoms with Gasteiger partial charge in [0.05, 0.1) is 10.6 Å². The standard InChI is InChI=1S/C15H18N2O2S/c1-2-13-5-3-4-6-15(13)17-20(18,19)14-9-7-12(11-16)8-10-14/h3-10,17H,2,11,16H2,1H3. The van der Waals surface area contributed by atoms with E-state index in [-0.39, 0.29) is 4.90 Å². The van der Waals surface area contributed by atoms with Gasteiger partial charge in [-0.05, 0) is 35.7 Å². The molecule has 5 heteroatoms. The molecular formula is C15H18N2O2S. The number of nitrogens with one attached hydrogen (secondary N) is 1. The minimum Gasteiger partial charge on any atom is -0.326 e. The normalized spacial score (nSPS) is 11.3. The highest BCUT2D eigenvalue weighted by Gasteiger charge is 2.15. The van der Waals surface area contributed by atoms with Crippen LogP contribution in [0.25, 0.3) is 0 Å². The lowest BCUT2D eigenvalue weighted by Gasteiger charge is -2.11. The Labute approximate surface area is 119 Å². The van der Waals surface area contributed by atoms with E-state index in [1.165, 1.54) is 0 Å². The van der Waals surface area contributed by atoms with E-state index in [0.29, 0.717) is 12.2 Å². The molecule has 0 bridgehead atoms. The maximum absolute atomic E-state index is 12.3. The summed E-state index contributed by atoms with van der Waals surface area (Å²) >= 11 is 0. The molecule has 4 nitrogen and oxygen atoms in total. The fourth-order valence-electron chi connectivity index (χ4n) is 1.94. The van der Waals surface area contributed by atoms with Crippen LogP contribution in [0.15, 0.2) is 53.4 Å². The van der Waals surface area contributed by atoms with Gasteiger partial charge in [0.25, 0.3) is 10.0 Å². The van der Waals surface area contributed by atoms with Gasteiger partial charge in [-0.25, -0.2) is 8.42 Å². The first kappa shape index (κ1) is 14.6. The predicted octanol–water partition coefficient (Wildman–Crippen LogP) is 2.51. The number of para-hydroxylation sites is 1. The number of nitrogens with two attached hydrogens (primary N) is 1. The molecule has 20 heavy (non-hydrogen) atoms. The second kappa shape index (κ2) is 6.07. The summed E-state index contributed by atoms with van der Waals surface area (Å²) in [6.45, 7) is 2.38. The van der Waals surface area contributed by atoms with E-state index < -0.39 is 10.0 Å². The number of benzene rings is 2. The van der Waals surface area contributed by atoms with Crippen molar-refractivity contribution in [1.82, 2.24) is 0 Å². The lowest BCUT2D eigenvalue weighted by molar-refractivity contribution is 0.601. The van der Waals surface area contributed by atoms with Crippen molar-refractivity contribution in [1.29, 1.82) is 0 Å². The molecule has 0 radical (unpaired) electrons. The van der Waals surface area contributed by atoms with Crippen LogP contribution in [-0.4, -0.2) is 8.42 Å². The Kier molecular flexibility index (Phi) is 4.42. The molecular weight excluding hydrogens is 272 g/mol. The number of sulfonamides is 1. The van der Waals surface area contributed by atoms with Gasteiger partial charge in [0.2, 0.25) is 0 Å². The van der Waals surface area contributed by atoms with Gasteiger partial charge < -0.3 is 5.73 Å². The third-order valence-corrected chi connectivity index (χ3v) is 4.49. The summed E-state index contributed by atoms with van der Waals surface area (Å²) in [7, 11) is -3.56. The van der Waals surface area contributed by atoms with E-state index in [1.807, 2.05) is 25.1 Å². The molecule has 0 aromatic heterocycles. The van der Waals surface area contributed by atoms with E-state index in [2.05, 4.69) is 4.72 Å². The Hall–Kier alpha value is -1.85. The van der Waals surface area contributed by atoms with Gasteiger partial charge in [-0.3, -0.25) is 4.72 Å². The zero-order valence-corrected chi connectivity index (χ0v) is 12.2. The number of rotatable bonds is 5. The molecule has 0 aliphatic rings. The topological polar surface area (TPSA) is 72.2 Å². The number of aryl methyl sites for hydroxylation is 1. The highest BCUT2D eigenvalue weighted by atomic mass is 32.2. The number of anilines is 1. The first-order chi connectivity index (χ1) is 9.56. The van der Waals surface area contributed by atoms with Crippen molar-refractivity contribution in [2.75, 3.05) is 4.72 Å². The van der Waals surface area contributed by atoms with Crippen LogP contribution in [0, 0.1) is 0 Å². The van der Waals surface area contributed by atoms with Crippen molar-refractivity contribution < 1.29 is 8.42 Å². The van der Waals surface area contributed by atoms with Crippen LogP contribution < -0.4 is 10.5 Å². The average Bonchev–Trinajstić information content (AvgIpc) is 2.47. The highest BCUT2D eigenvalue weighted by Crippen LogP contribution is 2.20. The number of hydrogen-bond donors (Lipinski definition) is 2. The smallest absolute Gasteiger partial charge is 0.261 e. The Morgan fingerprint density at radius 3 is 2.30 bits per heavy atom. The van der Waals surface area contributed by atoms with Gasteiger partial charge in [-0.15, -0.1) is 0 Å². The summed E-state index contributed by atoms with van der Waals surface area (Å²) in [6.07, 6.45) is 0.769. The summed E-state index contributed by atoms with van der Waals surface area (Å²) in [6, 6.07) is 14.0. The molecule has 0 saturated heterocycles. The molecule has 0 amide bonds. The monoisotopic (exact) mass is 290 g/mol. The van der Waals surface area contributed by atoms with Crippen molar-refractivity contribution in [2.45, 2.75) is 24.8 Å². The molecule has 2 rings (SSSR count). The summed E-state index contributed by atoms with van der Waals surface area (Å²) in [4.78, 5) is 0.237. The van der Waals surface area contributed by atoms with E-state index in [4.69, 9.17) is 5.73 Å². The molecule has 106 valence electrons. The largest absolute Gasteiger partial charge is 0.326 e. The molecule has 0 atom stereocenters. The van der Waals surface area contributed by atoms with Crippen molar-refractivity contribution in [3.8, 4) is 0 Å². The average molecular weight is 290 g/mol. The number of hydrogen-bond acceptors (Lipinski definition) is 3. The molecule has 0 saturated carbocycles. The van der Waals surface area contributed by atoms with Crippen LogP contribution in [0.5, 0.6) is 0 Å². The Balaban J connectivity index is 2.30. The highest BCUT2D eigenvalue weighted by molar-refractivity contribution is 7.92. The van der Waals surface area contributed by atoms with Crippen molar-refractivity contribution in [3.63, 3.8) is 0 Å². The van der Waals surface area contributed by atoms with Gasteiger partial charge in [-0.2, -0.15) is 0 Å². The quantitative estimate of drug-likeness (QED) is 0.888. The lowest BCUT2D eigenvalue weighted by Crippen LogP contribution is -2.14.